The number of hydrogen-bond donors (Lipinski definition) is 2. The van der Waals surface area contributed by atoms with E-state index in [1.54, 1.807) is 25.1 Å². The molecule has 8 aromatic rings. The second-order valence-corrected chi connectivity index (χ2v) is 24.3. The lowest BCUT2D eigenvalue weighted by Gasteiger charge is -2.17. The molecule has 424 valence electrons. The Hall–Kier alpha value is -4.55. The van der Waals surface area contributed by atoms with Crippen LogP contribution < -0.4 is 28.4 Å². The maximum atomic E-state index is 7.53. The van der Waals surface area contributed by atoms with Gasteiger partial charge in [0.15, 0.2) is 52.0 Å². The molecule has 2 N–H and O–H groups in total. The molecule has 2 aliphatic rings. The number of rotatable bonds is 16. The minimum absolute atomic E-state index is 0.0000697. The van der Waals surface area contributed by atoms with Crippen LogP contribution in [0.3, 0.4) is 0 Å². The molecule has 5 aromatic carbocycles. The molecule has 0 radical (unpaired) electrons. The minimum Gasteiger partial charge on any atom is -0.493 e. The Morgan fingerprint density at radius 1 is 0.383 bits per heavy atom. The molecule has 0 unspecified atom stereocenters. The largest absolute Gasteiger partial charge is 0.493 e. The van der Waals surface area contributed by atoms with Gasteiger partial charge in [-0.1, -0.05) is 175 Å². The fourth-order valence-electron chi connectivity index (χ4n) is 9.14. The van der Waals surface area contributed by atoms with Crippen molar-refractivity contribution < 1.29 is 28.4 Å². The third-order valence-electron chi connectivity index (χ3n) is 13.4. The molecule has 0 atom stereocenters. The lowest BCUT2D eigenvalue weighted by atomic mass is 10.1. The van der Waals surface area contributed by atoms with Gasteiger partial charge in [-0.3, -0.25) is 0 Å². The summed E-state index contributed by atoms with van der Waals surface area (Å²) in [6, 6.07) is 5.07. The summed E-state index contributed by atoms with van der Waals surface area (Å²) in [5, 5.41) is 1.08. The molecule has 0 spiro atoms. The van der Waals surface area contributed by atoms with E-state index < -0.39 is 0 Å². The summed E-state index contributed by atoms with van der Waals surface area (Å²) < 4.78 is 36.8. The monoisotopic (exact) mass is 1310 g/mol. The van der Waals surface area contributed by atoms with Crippen molar-refractivity contribution in [3.8, 4) is 85.8 Å². The van der Waals surface area contributed by atoms with Crippen molar-refractivity contribution in [2.45, 2.75) is 67.7 Å². The molecule has 25 heteroatoms. The van der Waals surface area contributed by atoms with E-state index in [2.05, 4.69) is 51.5 Å². The van der Waals surface area contributed by atoms with Gasteiger partial charge in [-0.05, 0) is 56.1 Å². The molecule has 0 saturated heterocycles. The first-order valence-corrected chi connectivity index (χ1v) is 29.5. The van der Waals surface area contributed by atoms with E-state index in [-0.39, 0.29) is 182 Å². The summed E-state index contributed by atoms with van der Waals surface area (Å²) >= 11 is 80.7. The van der Waals surface area contributed by atoms with Crippen LogP contribution in [0.2, 0.25) is 55.2 Å². The van der Waals surface area contributed by atoms with Crippen LogP contribution in [-0.2, 0) is 0 Å². The standard InChI is InChI=1S/C56H47Cl11N8O6/c1-19(2)13-16-78-44-22(7)33(57)25-29(37(44)61)53-68-49(25)69-54-30-26(34(58)41(65)46(38(30)62)79-17-14-20(3)4)50(72-54)70-52-28-32(40(64)48(43(67)36(28)60)81-45-23(76-8)11-10-12-24(45)77-9)56(74-52)75-55-31-27(51(71-53)73-55)35(59)42(66)47(39(31)63)80-18-15-21(5)6/h10-12,19-21H,13-18H2,1-9H3,(H2,68,69,70,71,72,73,74,75). The van der Waals surface area contributed by atoms with Crippen molar-refractivity contribution in [2.75, 3.05) is 34.0 Å². The van der Waals surface area contributed by atoms with E-state index in [1.807, 2.05) is 0 Å². The van der Waals surface area contributed by atoms with E-state index in [0.717, 1.165) is 6.42 Å². The van der Waals surface area contributed by atoms with Crippen molar-refractivity contribution >= 4 is 172 Å². The molecule has 0 amide bonds. The van der Waals surface area contributed by atoms with E-state index in [1.165, 1.54) is 14.2 Å². The Morgan fingerprint density at radius 2 is 0.716 bits per heavy atom. The Balaban J connectivity index is 1.41. The Labute approximate surface area is 520 Å². The molecule has 0 saturated carbocycles. The normalized spacial score (nSPS) is 12.1. The first kappa shape index (κ1) is 59.6. The quantitative estimate of drug-likeness (QED) is 0.0881. The Morgan fingerprint density at radius 3 is 1.10 bits per heavy atom. The zero-order chi connectivity index (χ0) is 58.2. The number of aromatic nitrogens is 8. The van der Waals surface area contributed by atoms with E-state index in [0.29, 0.717) is 59.0 Å². The van der Waals surface area contributed by atoms with Gasteiger partial charge >= 0.3 is 0 Å². The van der Waals surface area contributed by atoms with Gasteiger partial charge in [0.2, 0.25) is 5.75 Å². The molecule has 81 heavy (non-hydrogen) atoms. The number of methoxy groups -OCH3 is 2. The van der Waals surface area contributed by atoms with Crippen molar-refractivity contribution in [3.63, 3.8) is 0 Å². The summed E-state index contributed by atoms with van der Waals surface area (Å²) in [5.41, 5.74) is 1.57. The topological polar surface area (TPSA) is 164 Å². The number of para-hydroxylation sites is 1. The van der Waals surface area contributed by atoms with Crippen LogP contribution in [-0.4, -0.2) is 73.9 Å². The molecule has 2 aliphatic heterocycles. The molecular weight excluding hydrogens is 1270 g/mol. The minimum atomic E-state index is -0.127. The van der Waals surface area contributed by atoms with Crippen LogP contribution in [0.1, 0.15) is 66.4 Å². The Kier molecular flexibility index (Phi) is 17.5. The van der Waals surface area contributed by atoms with Crippen molar-refractivity contribution in [2.24, 2.45) is 17.8 Å². The molecule has 8 bridgehead atoms. The maximum absolute atomic E-state index is 7.53. The highest BCUT2D eigenvalue weighted by Crippen LogP contribution is 2.57. The number of fused-ring (bicyclic) bond motifs is 20. The average Bonchev–Trinajstić information content (AvgIpc) is 4.41. The molecule has 0 aliphatic carbocycles. The van der Waals surface area contributed by atoms with E-state index in [9.17, 15) is 0 Å². The predicted octanol–water partition coefficient (Wildman–Crippen LogP) is 20.4. The molecule has 0 fully saturated rings. The number of benzene rings is 5. The third kappa shape index (κ3) is 10.7. The summed E-state index contributed by atoms with van der Waals surface area (Å²) in [7, 11) is 2.94. The van der Waals surface area contributed by atoms with Gasteiger partial charge in [0, 0.05) is 10.9 Å². The second kappa shape index (κ2) is 23.8. The number of H-pyrrole nitrogens is 2. The lowest BCUT2D eigenvalue weighted by Crippen LogP contribution is -2.03. The van der Waals surface area contributed by atoms with Crippen LogP contribution >= 0.6 is 128 Å². The summed E-state index contributed by atoms with van der Waals surface area (Å²) in [5.74, 6) is 1.92. The molecule has 5 heterocycles. The lowest BCUT2D eigenvalue weighted by molar-refractivity contribution is 0.288. The van der Waals surface area contributed by atoms with E-state index in [4.69, 9.17) is 186 Å². The summed E-state index contributed by atoms with van der Waals surface area (Å²) in [4.78, 5) is 37.3. The number of aromatic amines is 2. The first-order chi connectivity index (χ1) is 38.6. The first-order valence-electron chi connectivity index (χ1n) is 25.3. The van der Waals surface area contributed by atoms with Crippen molar-refractivity contribution in [3.05, 3.63) is 79.0 Å². The number of hydrogen-bond acceptors (Lipinski definition) is 12. The maximum Gasteiger partial charge on any atom is 0.211 e. The van der Waals surface area contributed by atoms with Crippen molar-refractivity contribution in [1.82, 2.24) is 39.9 Å². The smallest absolute Gasteiger partial charge is 0.211 e. The SMILES string of the molecule is COc1cccc(OC)c1Oc1c(Cl)c(Cl)c2c3nc4nc(nc5[nH]c(nc6nc(nc([nH]3)c2c1Cl)-c1c(Cl)c(OCCC(C)C)c(Cl)c(Cl)c1-6)c1c(Cl)c(OCCC(C)C)c(C)c(Cl)c51)-c1c(Cl)c(OCCC(C)C)c(Cl)c(Cl)c1-4. The molecule has 14 nitrogen and oxygen atoms in total. The van der Waals surface area contributed by atoms with Crippen LogP contribution in [0, 0.1) is 24.7 Å². The highest BCUT2D eigenvalue weighted by molar-refractivity contribution is 6.52. The predicted molar refractivity (Wildman–Crippen MR) is 330 cm³/mol. The van der Waals surface area contributed by atoms with E-state index >= 15 is 0 Å². The second-order valence-electron chi connectivity index (χ2n) is 20.2. The van der Waals surface area contributed by atoms with Gasteiger partial charge in [-0.25, -0.2) is 29.9 Å². The highest BCUT2D eigenvalue weighted by Gasteiger charge is 2.36. The Bertz CT molecular complexity index is 4070. The summed E-state index contributed by atoms with van der Waals surface area (Å²) in [6.45, 7) is 15.1. The molecule has 10 rings (SSSR count). The van der Waals surface area contributed by atoms with Gasteiger partial charge in [0.1, 0.15) is 43.4 Å². The molecule has 3 aromatic heterocycles. The zero-order valence-electron chi connectivity index (χ0n) is 44.5. The number of halogens is 11. The van der Waals surface area contributed by atoms with Crippen LogP contribution in [0.4, 0.5) is 0 Å². The van der Waals surface area contributed by atoms with Crippen LogP contribution in [0.25, 0.3) is 89.7 Å². The van der Waals surface area contributed by atoms with Crippen LogP contribution in [0.15, 0.2) is 18.2 Å². The molecular formula is C56H47Cl11N8O6. The van der Waals surface area contributed by atoms with Gasteiger partial charge in [-0.15, -0.1) is 0 Å². The third-order valence-corrected chi connectivity index (χ3v) is 17.8. The van der Waals surface area contributed by atoms with Gasteiger partial charge in [0.25, 0.3) is 0 Å². The zero-order valence-corrected chi connectivity index (χ0v) is 52.8. The van der Waals surface area contributed by atoms with Crippen molar-refractivity contribution in [1.29, 1.82) is 0 Å². The fourth-order valence-corrected chi connectivity index (χ4v) is 12.4. The van der Waals surface area contributed by atoms with Crippen LogP contribution in [0.5, 0.6) is 40.2 Å². The van der Waals surface area contributed by atoms with Gasteiger partial charge in [0.05, 0.1) is 113 Å². The average molecular weight is 1320 g/mol. The number of ether oxygens (including phenoxy) is 6. The van der Waals surface area contributed by atoms with Gasteiger partial charge < -0.3 is 38.4 Å². The summed E-state index contributed by atoms with van der Waals surface area (Å²) in [6.07, 6.45) is 2.06. The number of nitrogens with zero attached hydrogens (tertiary/aromatic N) is 6. The van der Waals surface area contributed by atoms with Gasteiger partial charge in [-0.2, -0.15) is 0 Å². The fraction of sp³-hybridized carbons (Fsp3) is 0.321. The highest BCUT2D eigenvalue weighted by atomic mass is 35.5. The number of nitrogens with one attached hydrogen (secondary N) is 2.